The third-order valence-electron chi connectivity index (χ3n) is 3.56. The van der Waals surface area contributed by atoms with Crippen LogP contribution in [-0.4, -0.2) is 30.1 Å². The van der Waals surface area contributed by atoms with Gasteiger partial charge in [0.2, 0.25) is 0 Å². The van der Waals surface area contributed by atoms with E-state index in [1.54, 1.807) is 20.8 Å². The predicted octanol–water partition coefficient (Wildman–Crippen LogP) is 2.14. The Balaban J connectivity index is 2.51. The quantitative estimate of drug-likeness (QED) is 0.832. The maximum atomic E-state index is 11.9. The second kappa shape index (κ2) is 5.05. The molecule has 16 heavy (non-hydrogen) atoms. The molecule has 0 aliphatic heterocycles. The van der Waals surface area contributed by atoms with Gasteiger partial charge in [0.05, 0.1) is 16.6 Å². The van der Waals surface area contributed by atoms with Gasteiger partial charge in [-0.3, -0.25) is 0 Å². The number of aliphatic hydroxyl groups excluding tert-OH is 1. The molecule has 0 radical (unpaired) electrons. The van der Waals surface area contributed by atoms with E-state index >= 15 is 0 Å². The van der Waals surface area contributed by atoms with Crippen molar-refractivity contribution in [2.75, 3.05) is 5.75 Å². The van der Waals surface area contributed by atoms with E-state index in [1.165, 1.54) is 0 Å². The van der Waals surface area contributed by atoms with Crippen molar-refractivity contribution in [3.8, 4) is 0 Å². The van der Waals surface area contributed by atoms with E-state index in [4.69, 9.17) is 0 Å². The van der Waals surface area contributed by atoms with E-state index < -0.39 is 14.6 Å². The second-order valence-electron chi connectivity index (χ2n) is 5.83. The number of hydrogen-bond acceptors (Lipinski definition) is 3. The van der Waals surface area contributed by atoms with Crippen LogP contribution < -0.4 is 0 Å². The van der Waals surface area contributed by atoms with E-state index in [-0.39, 0.29) is 17.8 Å². The van der Waals surface area contributed by atoms with Crippen LogP contribution in [0.2, 0.25) is 0 Å². The first kappa shape index (κ1) is 14.0. The van der Waals surface area contributed by atoms with Gasteiger partial charge in [-0.25, -0.2) is 8.42 Å². The van der Waals surface area contributed by atoms with Gasteiger partial charge in [-0.2, -0.15) is 0 Å². The average molecular weight is 248 g/mol. The van der Waals surface area contributed by atoms with Crippen LogP contribution in [0.15, 0.2) is 0 Å². The van der Waals surface area contributed by atoms with Crippen LogP contribution >= 0.6 is 0 Å². The summed E-state index contributed by atoms with van der Waals surface area (Å²) < 4.78 is 23.2. The summed E-state index contributed by atoms with van der Waals surface area (Å²) in [6, 6.07) is 0. The molecule has 0 heterocycles. The Morgan fingerprint density at radius 3 is 2.25 bits per heavy atom. The number of aliphatic hydroxyl groups is 1. The third-order valence-corrected chi connectivity index (χ3v) is 6.20. The molecule has 1 N–H and O–H groups in total. The van der Waals surface area contributed by atoms with Gasteiger partial charge in [-0.05, 0) is 46.0 Å². The van der Waals surface area contributed by atoms with Crippen LogP contribution in [0.1, 0.15) is 52.9 Å². The average Bonchev–Trinajstić information content (AvgIpc) is 2.15. The summed E-state index contributed by atoms with van der Waals surface area (Å²) in [5, 5.41) is 9.77. The Morgan fingerprint density at radius 2 is 1.75 bits per heavy atom. The minimum atomic E-state index is -3.03. The summed E-state index contributed by atoms with van der Waals surface area (Å²) in [6.45, 7) is 5.21. The van der Waals surface area contributed by atoms with Gasteiger partial charge in [-0.1, -0.05) is 12.8 Å². The van der Waals surface area contributed by atoms with Gasteiger partial charge in [-0.15, -0.1) is 0 Å². The molecular formula is C12H24O3S. The Hall–Kier alpha value is -0.0900. The van der Waals surface area contributed by atoms with E-state index in [9.17, 15) is 13.5 Å². The van der Waals surface area contributed by atoms with E-state index in [1.807, 2.05) is 0 Å². The SMILES string of the molecule is CC(C)(C)S(=O)(=O)CCC1CCCCC1O. The van der Waals surface area contributed by atoms with Gasteiger partial charge in [0, 0.05) is 0 Å². The summed E-state index contributed by atoms with van der Waals surface area (Å²) >= 11 is 0. The maximum Gasteiger partial charge on any atom is 0.155 e. The highest BCUT2D eigenvalue weighted by atomic mass is 32.2. The number of hydrogen-bond donors (Lipinski definition) is 1. The lowest BCUT2D eigenvalue weighted by atomic mass is 9.85. The fraction of sp³-hybridized carbons (Fsp3) is 1.00. The molecule has 1 rings (SSSR count). The zero-order valence-electron chi connectivity index (χ0n) is 10.6. The standard InChI is InChI=1S/C12H24O3S/c1-12(2,3)16(14,15)9-8-10-6-4-5-7-11(10)13/h10-11,13H,4-9H2,1-3H3. The predicted molar refractivity (Wildman–Crippen MR) is 66.1 cm³/mol. The molecule has 0 saturated heterocycles. The van der Waals surface area contributed by atoms with Crippen LogP contribution in [-0.2, 0) is 9.84 Å². The van der Waals surface area contributed by atoms with Crippen molar-refractivity contribution >= 4 is 9.84 Å². The van der Waals surface area contributed by atoms with Crippen molar-refractivity contribution in [2.24, 2.45) is 5.92 Å². The van der Waals surface area contributed by atoms with Gasteiger partial charge in [0.15, 0.2) is 9.84 Å². The van der Waals surface area contributed by atoms with E-state index in [0.717, 1.165) is 25.7 Å². The molecule has 1 aliphatic carbocycles. The van der Waals surface area contributed by atoms with Crippen LogP contribution in [0.4, 0.5) is 0 Å². The molecule has 0 aromatic heterocycles. The largest absolute Gasteiger partial charge is 0.393 e. The molecule has 0 spiro atoms. The van der Waals surface area contributed by atoms with E-state index in [2.05, 4.69) is 0 Å². The second-order valence-corrected chi connectivity index (χ2v) is 8.69. The van der Waals surface area contributed by atoms with Crippen molar-refractivity contribution in [3.05, 3.63) is 0 Å². The molecule has 0 amide bonds. The molecule has 1 aliphatic rings. The smallest absolute Gasteiger partial charge is 0.155 e. The molecule has 1 saturated carbocycles. The zero-order valence-corrected chi connectivity index (χ0v) is 11.4. The molecule has 0 aromatic carbocycles. The third kappa shape index (κ3) is 3.45. The summed E-state index contributed by atoms with van der Waals surface area (Å²) in [6.07, 6.45) is 4.33. The number of sulfone groups is 1. The molecule has 1 fully saturated rings. The van der Waals surface area contributed by atoms with E-state index in [0.29, 0.717) is 6.42 Å². The molecular weight excluding hydrogens is 224 g/mol. The lowest BCUT2D eigenvalue weighted by Gasteiger charge is -2.28. The number of rotatable bonds is 3. The highest BCUT2D eigenvalue weighted by Crippen LogP contribution is 2.28. The first-order valence-corrected chi connectivity index (χ1v) is 7.79. The Bertz CT molecular complexity index is 314. The van der Waals surface area contributed by atoms with Crippen LogP contribution in [0.25, 0.3) is 0 Å². The van der Waals surface area contributed by atoms with Gasteiger partial charge >= 0.3 is 0 Å². The molecule has 0 aromatic rings. The highest BCUT2D eigenvalue weighted by molar-refractivity contribution is 7.92. The van der Waals surface area contributed by atoms with Gasteiger partial charge in [0.25, 0.3) is 0 Å². The highest BCUT2D eigenvalue weighted by Gasteiger charge is 2.31. The first-order valence-electron chi connectivity index (χ1n) is 6.14. The van der Waals surface area contributed by atoms with Crippen LogP contribution in [0.5, 0.6) is 0 Å². The summed E-state index contributed by atoms with van der Waals surface area (Å²) in [4.78, 5) is 0. The lowest BCUT2D eigenvalue weighted by molar-refractivity contribution is 0.0683. The fourth-order valence-electron chi connectivity index (χ4n) is 2.14. The first-order chi connectivity index (χ1) is 7.24. The maximum absolute atomic E-state index is 11.9. The molecule has 2 atom stereocenters. The topological polar surface area (TPSA) is 54.4 Å². The van der Waals surface area contributed by atoms with Crippen LogP contribution in [0, 0.1) is 5.92 Å². The van der Waals surface area contributed by atoms with Crippen molar-refractivity contribution < 1.29 is 13.5 Å². The molecule has 0 bridgehead atoms. The normalized spacial score (nSPS) is 28.0. The van der Waals surface area contributed by atoms with Gasteiger partial charge in [0.1, 0.15) is 0 Å². The molecule has 2 unspecified atom stereocenters. The molecule has 4 heteroatoms. The van der Waals surface area contributed by atoms with Crippen molar-refractivity contribution in [1.82, 2.24) is 0 Å². The molecule has 3 nitrogen and oxygen atoms in total. The summed E-state index contributed by atoms with van der Waals surface area (Å²) in [7, 11) is -3.03. The van der Waals surface area contributed by atoms with Crippen molar-refractivity contribution in [2.45, 2.75) is 63.7 Å². The van der Waals surface area contributed by atoms with Crippen molar-refractivity contribution in [1.29, 1.82) is 0 Å². The van der Waals surface area contributed by atoms with Gasteiger partial charge < -0.3 is 5.11 Å². The Labute approximate surface area is 99.2 Å². The zero-order chi connectivity index (χ0) is 12.4. The van der Waals surface area contributed by atoms with Crippen LogP contribution in [0.3, 0.4) is 0 Å². The Kier molecular flexibility index (Phi) is 4.41. The summed E-state index contributed by atoms with van der Waals surface area (Å²) in [5.41, 5.74) is 0. The minimum absolute atomic E-state index is 0.186. The van der Waals surface area contributed by atoms with Crippen molar-refractivity contribution in [3.63, 3.8) is 0 Å². The Morgan fingerprint density at radius 1 is 1.19 bits per heavy atom. The lowest BCUT2D eigenvalue weighted by Crippen LogP contribution is -2.33. The molecule has 96 valence electrons. The summed E-state index contributed by atoms with van der Waals surface area (Å²) in [5.74, 6) is 0.393. The minimum Gasteiger partial charge on any atom is -0.393 e. The fourth-order valence-corrected chi connectivity index (χ4v) is 3.36. The monoisotopic (exact) mass is 248 g/mol.